The topological polar surface area (TPSA) is 84.7 Å². The Bertz CT molecular complexity index is 579. The molecule has 0 spiro atoms. The number of anilines is 2. The number of carbonyl (C=O) groups is 1. The third-order valence-electron chi connectivity index (χ3n) is 2.67. The molecule has 0 bridgehead atoms. The molecule has 7 nitrogen and oxygen atoms in total. The van der Waals surface area contributed by atoms with Gasteiger partial charge < -0.3 is 10.6 Å². The zero-order chi connectivity index (χ0) is 13.8. The predicted molar refractivity (Wildman–Crippen MR) is 71.6 cm³/mol. The van der Waals surface area contributed by atoms with E-state index in [0.717, 1.165) is 11.3 Å². The lowest BCUT2D eigenvalue weighted by Gasteiger charge is -2.15. The number of carbonyl (C=O) groups excluding carboxylic acids is 1. The lowest BCUT2D eigenvalue weighted by molar-refractivity contribution is -0.114. The van der Waals surface area contributed by atoms with Crippen molar-refractivity contribution in [3.8, 4) is 0 Å². The number of amides is 1. The van der Waals surface area contributed by atoms with Crippen LogP contribution >= 0.6 is 0 Å². The third kappa shape index (κ3) is 3.27. The molecule has 1 aromatic heterocycles. The highest BCUT2D eigenvalue weighted by Crippen LogP contribution is 2.20. The molecule has 2 rings (SSSR count). The summed E-state index contributed by atoms with van der Waals surface area (Å²) in [5, 5.41) is 17.2. The van der Waals surface area contributed by atoms with Gasteiger partial charge in [0.1, 0.15) is 0 Å². The van der Waals surface area contributed by atoms with Gasteiger partial charge in [-0.1, -0.05) is 17.2 Å². The highest BCUT2D eigenvalue weighted by atomic mass is 16.1. The third-order valence-corrected chi connectivity index (χ3v) is 2.67. The zero-order valence-corrected chi connectivity index (χ0v) is 11.1. The van der Waals surface area contributed by atoms with Gasteiger partial charge in [-0.3, -0.25) is 4.79 Å². The molecule has 0 saturated carbocycles. The number of benzene rings is 1. The van der Waals surface area contributed by atoms with Crippen LogP contribution < -0.4 is 10.6 Å². The number of rotatable bonds is 4. The largest absolute Gasteiger partial charge is 0.347 e. The summed E-state index contributed by atoms with van der Waals surface area (Å²) in [6.45, 7) is 3.49. The van der Waals surface area contributed by atoms with Gasteiger partial charge >= 0.3 is 0 Å². The van der Waals surface area contributed by atoms with E-state index in [0.29, 0.717) is 5.95 Å². The summed E-state index contributed by atoms with van der Waals surface area (Å²) >= 11 is 0. The molecule has 19 heavy (non-hydrogen) atoms. The van der Waals surface area contributed by atoms with Crippen LogP contribution in [-0.4, -0.2) is 26.1 Å². The van der Waals surface area contributed by atoms with Gasteiger partial charge in [0.25, 0.3) is 0 Å². The summed E-state index contributed by atoms with van der Waals surface area (Å²) in [7, 11) is 1.77. The zero-order valence-electron chi connectivity index (χ0n) is 11.1. The van der Waals surface area contributed by atoms with Crippen molar-refractivity contribution in [1.29, 1.82) is 0 Å². The van der Waals surface area contributed by atoms with Crippen LogP contribution in [0, 0.1) is 0 Å². The Kier molecular flexibility index (Phi) is 3.74. The van der Waals surface area contributed by atoms with Crippen LogP contribution in [0.5, 0.6) is 0 Å². The molecule has 0 aliphatic rings. The van der Waals surface area contributed by atoms with Crippen molar-refractivity contribution in [3.63, 3.8) is 0 Å². The minimum Gasteiger partial charge on any atom is -0.347 e. The number of aryl methyl sites for hydroxylation is 1. The first kappa shape index (κ1) is 13.0. The molecule has 2 N–H and O–H groups in total. The molecule has 1 heterocycles. The first-order valence-electron chi connectivity index (χ1n) is 5.92. The molecule has 0 saturated heterocycles. The Morgan fingerprint density at radius 2 is 2.21 bits per heavy atom. The molecule has 1 unspecified atom stereocenters. The van der Waals surface area contributed by atoms with Crippen molar-refractivity contribution in [3.05, 3.63) is 29.8 Å². The average Bonchev–Trinajstić information content (AvgIpc) is 2.74. The average molecular weight is 260 g/mol. The van der Waals surface area contributed by atoms with E-state index in [1.165, 1.54) is 6.92 Å². The van der Waals surface area contributed by atoms with E-state index in [2.05, 4.69) is 26.2 Å². The Morgan fingerprint density at radius 3 is 2.84 bits per heavy atom. The second kappa shape index (κ2) is 5.47. The first-order valence-corrected chi connectivity index (χ1v) is 5.92. The maximum atomic E-state index is 11.0. The van der Waals surface area contributed by atoms with E-state index >= 15 is 0 Å². The molecule has 0 radical (unpaired) electrons. The Balaban J connectivity index is 2.12. The van der Waals surface area contributed by atoms with Gasteiger partial charge in [-0.2, -0.15) is 0 Å². The minimum absolute atomic E-state index is 0.0263. The number of aromatic nitrogens is 4. The van der Waals surface area contributed by atoms with Gasteiger partial charge in [0, 0.05) is 19.7 Å². The van der Waals surface area contributed by atoms with Gasteiger partial charge in [-0.05, 0) is 35.0 Å². The van der Waals surface area contributed by atoms with Crippen LogP contribution in [0.3, 0.4) is 0 Å². The lowest BCUT2D eigenvalue weighted by atomic mass is 10.1. The molecule has 1 aromatic carbocycles. The predicted octanol–water partition coefficient (Wildman–Crippen LogP) is 1.34. The highest BCUT2D eigenvalue weighted by molar-refractivity contribution is 5.88. The van der Waals surface area contributed by atoms with Crippen molar-refractivity contribution < 1.29 is 4.79 Å². The van der Waals surface area contributed by atoms with Crippen molar-refractivity contribution in [1.82, 2.24) is 20.2 Å². The molecule has 2 aromatic rings. The fraction of sp³-hybridized carbons (Fsp3) is 0.333. The van der Waals surface area contributed by atoms with E-state index in [1.807, 2.05) is 31.2 Å². The fourth-order valence-corrected chi connectivity index (χ4v) is 1.72. The number of nitrogens with one attached hydrogen (secondary N) is 2. The van der Waals surface area contributed by atoms with E-state index in [9.17, 15) is 4.79 Å². The Morgan fingerprint density at radius 1 is 1.42 bits per heavy atom. The van der Waals surface area contributed by atoms with Crippen LogP contribution in [0.4, 0.5) is 11.6 Å². The van der Waals surface area contributed by atoms with E-state index in [4.69, 9.17) is 0 Å². The van der Waals surface area contributed by atoms with Crippen LogP contribution in [0.2, 0.25) is 0 Å². The van der Waals surface area contributed by atoms with Crippen LogP contribution in [0.15, 0.2) is 24.3 Å². The number of tetrazole rings is 1. The summed E-state index contributed by atoms with van der Waals surface area (Å²) < 4.78 is 1.56. The molecule has 0 aliphatic heterocycles. The molecule has 0 aliphatic carbocycles. The van der Waals surface area contributed by atoms with E-state index < -0.39 is 0 Å². The van der Waals surface area contributed by atoms with Crippen LogP contribution in [0.1, 0.15) is 25.5 Å². The molecule has 1 amide bonds. The maximum Gasteiger partial charge on any atom is 0.243 e. The Hall–Kier alpha value is -2.44. The Labute approximate surface area is 111 Å². The summed E-state index contributed by atoms with van der Waals surface area (Å²) in [5.74, 6) is 0.507. The minimum atomic E-state index is -0.0877. The molecular formula is C12H16N6O. The van der Waals surface area contributed by atoms with Crippen molar-refractivity contribution >= 4 is 17.5 Å². The maximum absolute atomic E-state index is 11.0. The van der Waals surface area contributed by atoms with Crippen LogP contribution in [0.25, 0.3) is 0 Å². The van der Waals surface area contributed by atoms with Gasteiger partial charge in [0.2, 0.25) is 11.9 Å². The standard InChI is InChI=1S/C12H16N6O/c1-8(13-12-15-16-17-18(12)3)10-5-4-6-11(7-10)14-9(2)19/h4-8H,1-3H3,(H,14,19)(H,13,15,17). The second-order valence-electron chi connectivity index (χ2n) is 4.30. The lowest BCUT2D eigenvalue weighted by Crippen LogP contribution is -2.12. The van der Waals surface area contributed by atoms with Gasteiger partial charge in [0.05, 0.1) is 6.04 Å². The number of hydrogen-bond acceptors (Lipinski definition) is 5. The first-order chi connectivity index (χ1) is 9.06. The molecule has 1 atom stereocenters. The normalized spacial score (nSPS) is 11.9. The fourth-order valence-electron chi connectivity index (χ4n) is 1.72. The summed E-state index contributed by atoms with van der Waals surface area (Å²) in [5.41, 5.74) is 1.81. The number of nitrogens with zero attached hydrogens (tertiary/aromatic N) is 4. The smallest absolute Gasteiger partial charge is 0.243 e. The molecular weight excluding hydrogens is 244 g/mol. The molecule has 0 fully saturated rings. The van der Waals surface area contributed by atoms with Crippen molar-refractivity contribution in [2.24, 2.45) is 7.05 Å². The van der Waals surface area contributed by atoms with Gasteiger partial charge in [-0.15, -0.1) is 0 Å². The quantitative estimate of drug-likeness (QED) is 0.866. The summed E-state index contributed by atoms with van der Waals surface area (Å²) in [6.07, 6.45) is 0. The van der Waals surface area contributed by atoms with E-state index in [-0.39, 0.29) is 11.9 Å². The van der Waals surface area contributed by atoms with Crippen molar-refractivity contribution in [2.45, 2.75) is 19.9 Å². The number of hydrogen-bond donors (Lipinski definition) is 2. The highest BCUT2D eigenvalue weighted by Gasteiger charge is 2.10. The van der Waals surface area contributed by atoms with Gasteiger partial charge in [-0.25, -0.2) is 4.68 Å². The molecule has 100 valence electrons. The van der Waals surface area contributed by atoms with Crippen molar-refractivity contribution in [2.75, 3.05) is 10.6 Å². The molecule has 7 heteroatoms. The van der Waals surface area contributed by atoms with E-state index in [1.54, 1.807) is 11.7 Å². The second-order valence-corrected chi connectivity index (χ2v) is 4.30. The van der Waals surface area contributed by atoms with Gasteiger partial charge in [0.15, 0.2) is 0 Å². The van der Waals surface area contributed by atoms with Crippen LogP contribution in [-0.2, 0) is 11.8 Å². The summed E-state index contributed by atoms with van der Waals surface area (Å²) in [4.78, 5) is 11.0. The SMILES string of the molecule is CC(=O)Nc1cccc(C(C)Nc2nnnn2C)c1. The summed E-state index contributed by atoms with van der Waals surface area (Å²) in [6, 6.07) is 7.67. The monoisotopic (exact) mass is 260 g/mol.